The van der Waals surface area contributed by atoms with Crippen LogP contribution in [-0.4, -0.2) is 37.7 Å². The molecule has 1 aromatic heterocycles. The quantitative estimate of drug-likeness (QED) is 0.602. The zero-order valence-electron chi connectivity index (χ0n) is 17.4. The van der Waals surface area contributed by atoms with Gasteiger partial charge in [0.25, 0.3) is 5.79 Å². The number of aromatic nitrogens is 4. The second-order valence-electron chi connectivity index (χ2n) is 7.91. The Hall–Kier alpha value is -3.07. The van der Waals surface area contributed by atoms with Crippen LogP contribution in [0.4, 0.5) is 5.69 Å². The molecule has 1 N–H and O–H groups in total. The van der Waals surface area contributed by atoms with Gasteiger partial charge in [-0.2, -0.15) is 4.68 Å². The van der Waals surface area contributed by atoms with Crippen molar-refractivity contribution in [3.8, 4) is 17.2 Å². The number of nitrogens with zero attached hydrogens (tertiary/aromatic N) is 4. The largest absolute Gasteiger partial charge is 0.448 e. The summed E-state index contributed by atoms with van der Waals surface area (Å²) in [5.41, 5.74) is 3.84. The van der Waals surface area contributed by atoms with E-state index >= 15 is 0 Å². The summed E-state index contributed by atoms with van der Waals surface area (Å²) in [5.74, 6) is 0.957. The highest BCUT2D eigenvalue weighted by molar-refractivity contribution is 7.99. The Morgan fingerprint density at radius 2 is 1.97 bits per heavy atom. The fourth-order valence-electron chi connectivity index (χ4n) is 4.00. The summed E-state index contributed by atoms with van der Waals surface area (Å²) in [7, 11) is 0. The van der Waals surface area contributed by atoms with E-state index in [-0.39, 0.29) is 11.7 Å². The van der Waals surface area contributed by atoms with Crippen LogP contribution in [0.1, 0.15) is 36.8 Å². The van der Waals surface area contributed by atoms with Gasteiger partial charge < -0.3 is 14.8 Å². The summed E-state index contributed by atoms with van der Waals surface area (Å²) in [4.78, 5) is 12.5. The Labute approximate surface area is 184 Å². The van der Waals surface area contributed by atoms with Crippen LogP contribution >= 0.6 is 11.8 Å². The standard InChI is InChI=1S/C22H23N5O3S/c1-14-6-5-7-17(15(14)2)27-21(24-25-26-27)31-13-20(28)23-16-8-9-18-19(12-16)30-22(29-18)10-3-4-11-22/h5-9,12H,3-4,10-11,13H2,1-2H3,(H,23,28). The van der Waals surface area contributed by atoms with Gasteiger partial charge in [0.2, 0.25) is 11.1 Å². The number of aryl methyl sites for hydroxylation is 1. The predicted molar refractivity (Wildman–Crippen MR) is 117 cm³/mol. The number of rotatable bonds is 5. The minimum atomic E-state index is -0.508. The fraction of sp³-hybridized carbons (Fsp3) is 0.364. The van der Waals surface area contributed by atoms with Gasteiger partial charge in [-0.25, -0.2) is 0 Å². The molecule has 2 aliphatic rings. The second-order valence-corrected chi connectivity index (χ2v) is 8.86. The molecule has 1 amide bonds. The van der Waals surface area contributed by atoms with Crippen LogP contribution in [0.15, 0.2) is 41.6 Å². The lowest BCUT2D eigenvalue weighted by Crippen LogP contribution is -2.34. The molecular weight excluding hydrogens is 414 g/mol. The molecule has 2 heterocycles. The molecule has 0 saturated heterocycles. The van der Waals surface area contributed by atoms with E-state index in [0.29, 0.717) is 16.6 Å². The molecule has 9 heteroatoms. The fourth-order valence-corrected chi connectivity index (χ4v) is 4.69. The van der Waals surface area contributed by atoms with Gasteiger partial charge >= 0.3 is 0 Å². The van der Waals surface area contributed by atoms with Crippen LogP contribution in [0.3, 0.4) is 0 Å². The molecule has 3 aromatic rings. The third-order valence-corrected chi connectivity index (χ3v) is 6.68. The lowest BCUT2D eigenvalue weighted by molar-refractivity contribution is -0.113. The third kappa shape index (κ3) is 3.85. The van der Waals surface area contributed by atoms with Crippen molar-refractivity contribution in [1.29, 1.82) is 0 Å². The van der Waals surface area contributed by atoms with Crippen LogP contribution in [0.25, 0.3) is 5.69 Å². The minimum absolute atomic E-state index is 0.144. The first-order chi connectivity index (χ1) is 15.0. The van der Waals surface area contributed by atoms with E-state index in [4.69, 9.17) is 9.47 Å². The van der Waals surface area contributed by atoms with Crippen LogP contribution in [-0.2, 0) is 4.79 Å². The molecule has 1 fully saturated rings. The van der Waals surface area contributed by atoms with Crippen molar-refractivity contribution in [2.75, 3.05) is 11.1 Å². The molecule has 8 nitrogen and oxygen atoms in total. The Kier molecular flexibility index (Phi) is 5.05. The zero-order chi connectivity index (χ0) is 21.4. The molecule has 1 saturated carbocycles. The first kappa shape index (κ1) is 19.9. The first-order valence-corrected chi connectivity index (χ1v) is 11.3. The maximum atomic E-state index is 12.5. The van der Waals surface area contributed by atoms with Gasteiger partial charge in [-0.3, -0.25) is 4.79 Å². The molecule has 0 radical (unpaired) electrons. The number of carbonyl (C=O) groups is 1. The molecule has 0 atom stereocenters. The van der Waals surface area contributed by atoms with Gasteiger partial charge in [0.1, 0.15) is 0 Å². The lowest BCUT2D eigenvalue weighted by atomic mass is 10.1. The lowest BCUT2D eigenvalue weighted by Gasteiger charge is -2.21. The van der Waals surface area contributed by atoms with Crippen molar-refractivity contribution >= 4 is 23.4 Å². The van der Waals surface area contributed by atoms with Crippen molar-refractivity contribution in [3.63, 3.8) is 0 Å². The number of nitrogens with one attached hydrogen (secondary N) is 1. The molecule has 0 bridgehead atoms. The predicted octanol–water partition coefficient (Wildman–Crippen LogP) is 4.05. The number of fused-ring (bicyclic) bond motifs is 1. The first-order valence-electron chi connectivity index (χ1n) is 10.3. The van der Waals surface area contributed by atoms with Crippen molar-refractivity contribution in [2.45, 2.75) is 50.5 Å². The molecular formula is C22H23N5O3S. The SMILES string of the molecule is Cc1cccc(-n2nnnc2SCC(=O)Nc2ccc3c(c2)OC2(CCCC2)O3)c1C. The van der Waals surface area contributed by atoms with Crippen LogP contribution in [0.5, 0.6) is 11.5 Å². The summed E-state index contributed by atoms with van der Waals surface area (Å²) in [5, 5.41) is 15.4. The van der Waals surface area contributed by atoms with E-state index in [1.807, 2.05) is 50.2 Å². The van der Waals surface area contributed by atoms with Gasteiger partial charge in [-0.05, 0) is 66.4 Å². The topological polar surface area (TPSA) is 91.2 Å². The number of benzene rings is 2. The second kappa shape index (κ2) is 7.88. The number of hydrogen-bond acceptors (Lipinski definition) is 7. The Balaban J connectivity index is 1.23. The van der Waals surface area contributed by atoms with E-state index in [2.05, 4.69) is 20.8 Å². The third-order valence-electron chi connectivity index (χ3n) is 5.76. The van der Waals surface area contributed by atoms with Crippen LogP contribution < -0.4 is 14.8 Å². The summed E-state index contributed by atoms with van der Waals surface area (Å²) in [6.45, 7) is 4.08. The number of carbonyl (C=O) groups excluding carboxylic acids is 1. The Morgan fingerprint density at radius 1 is 1.16 bits per heavy atom. The number of thioether (sulfide) groups is 1. The molecule has 5 rings (SSSR count). The smallest absolute Gasteiger partial charge is 0.251 e. The number of amides is 1. The van der Waals surface area contributed by atoms with Gasteiger partial charge in [0, 0.05) is 24.6 Å². The van der Waals surface area contributed by atoms with E-state index in [0.717, 1.165) is 48.2 Å². The highest BCUT2D eigenvalue weighted by atomic mass is 32.2. The van der Waals surface area contributed by atoms with Crippen LogP contribution in [0.2, 0.25) is 0 Å². The van der Waals surface area contributed by atoms with Gasteiger partial charge in [0.15, 0.2) is 11.5 Å². The molecule has 1 aliphatic carbocycles. The Morgan fingerprint density at radius 3 is 2.81 bits per heavy atom. The monoisotopic (exact) mass is 437 g/mol. The molecule has 1 spiro atoms. The average molecular weight is 438 g/mol. The van der Waals surface area contributed by atoms with E-state index < -0.39 is 5.79 Å². The molecule has 31 heavy (non-hydrogen) atoms. The zero-order valence-corrected chi connectivity index (χ0v) is 18.2. The maximum Gasteiger partial charge on any atom is 0.251 e. The van der Waals surface area contributed by atoms with Crippen molar-refractivity contribution in [2.24, 2.45) is 0 Å². The molecule has 0 unspecified atom stereocenters. The average Bonchev–Trinajstić information content (AvgIpc) is 3.48. The van der Waals surface area contributed by atoms with Crippen molar-refractivity contribution in [1.82, 2.24) is 20.2 Å². The maximum absolute atomic E-state index is 12.5. The molecule has 2 aromatic carbocycles. The summed E-state index contributed by atoms with van der Waals surface area (Å²) >= 11 is 1.29. The highest BCUT2D eigenvalue weighted by Crippen LogP contribution is 2.47. The van der Waals surface area contributed by atoms with E-state index in [1.54, 1.807) is 4.68 Å². The highest BCUT2D eigenvalue weighted by Gasteiger charge is 2.44. The number of hydrogen-bond donors (Lipinski definition) is 1. The van der Waals surface area contributed by atoms with Gasteiger partial charge in [0.05, 0.1) is 11.4 Å². The van der Waals surface area contributed by atoms with E-state index in [9.17, 15) is 4.79 Å². The summed E-state index contributed by atoms with van der Waals surface area (Å²) in [6.07, 6.45) is 4.01. The summed E-state index contributed by atoms with van der Waals surface area (Å²) < 4.78 is 13.8. The van der Waals surface area contributed by atoms with E-state index in [1.165, 1.54) is 11.8 Å². The molecule has 160 valence electrons. The van der Waals surface area contributed by atoms with Crippen molar-refractivity contribution in [3.05, 3.63) is 47.5 Å². The number of ether oxygens (including phenoxy) is 2. The minimum Gasteiger partial charge on any atom is -0.448 e. The number of tetrazole rings is 1. The Bertz CT molecular complexity index is 1140. The summed E-state index contributed by atoms with van der Waals surface area (Å²) in [6, 6.07) is 11.5. The van der Waals surface area contributed by atoms with Crippen LogP contribution in [0, 0.1) is 13.8 Å². The van der Waals surface area contributed by atoms with Crippen molar-refractivity contribution < 1.29 is 14.3 Å². The normalized spacial score (nSPS) is 16.1. The van der Waals surface area contributed by atoms with Gasteiger partial charge in [-0.15, -0.1) is 5.10 Å². The van der Waals surface area contributed by atoms with Gasteiger partial charge in [-0.1, -0.05) is 23.9 Å². The number of anilines is 1. The molecule has 1 aliphatic heterocycles.